The third kappa shape index (κ3) is 9.42. The van der Waals surface area contributed by atoms with Crippen molar-refractivity contribution in [3.63, 3.8) is 0 Å². The molecule has 1 aromatic carbocycles. The van der Waals surface area contributed by atoms with Crippen LogP contribution in [0.1, 0.15) is 66.9 Å². The Bertz CT molecular complexity index is 696. The molecule has 6 heteroatoms. The first-order valence-electron chi connectivity index (χ1n) is 11.0. The second kappa shape index (κ2) is 12.4. The van der Waals surface area contributed by atoms with Gasteiger partial charge in [0.2, 0.25) is 17.7 Å². The quantitative estimate of drug-likeness (QED) is 0.510. The fraction of sp³-hybridized carbons (Fsp3) is 0.625. The predicted molar refractivity (Wildman–Crippen MR) is 122 cm³/mol. The number of benzene rings is 1. The summed E-state index contributed by atoms with van der Waals surface area (Å²) in [6, 6.07) is 6.35. The van der Waals surface area contributed by atoms with E-state index in [2.05, 4.69) is 43.6 Å². The fourth-order valence-electron chi connectivity index (χ4n) is 3.02. The van der Waals surface area contributed by atoms with Gasteiger partial charge in [0.25, 0.3) is 0 Å². The number of anilines is 1. The Labute approximate surface area is 181 Å². The van der Waals surface area contributed by atoms with Gasteiger partial charge < -0.3 is 16.0 Å². The smallest absolute Gasteiger partial charge is 0.246 e. The van der Waals surface area contributed by atoms with Crippen LogP contribution in [0.4, 0.5) is 5.69 Å². The maximum Gasteiger partial charge on any atom is 0.246 e. The van der Waals surface area contributed by atoms with Crippen molar-refractivity contribution in [1.29, 1.82) is 0 Å². The van der Waals surface area contributed by atoms with E-state index in [1.54, 1.807) is 6.92 Å². The van der Waals surface area contributed by atoms with Crippen LogP contribution in [0, 0.1) is 17.8 Å². The topological polar surface area (TPSA) is 87.3 Å². The molecule has 0 bridgehead atoms. The Balaban J connectivity index is 2.62. The Morgan fingerprint density at radius 1 is 0.800 bits per heavy atom. The molecule has 168 valence electrons. The fourth-order valence-corrected chi connectivity index (χ4v) is 3.02. The average Bonchev–Trinajstić information content (AvgIpc) is 2.65. The molecule has 6 nitrogen and oxygen atoms in total. The van der Waals surface area contributed by atoms with Crippen molar-refractivity contribution >= 4 is 23.4 Å². The van der Waals surface area contributed by atoms with Crippen LogP contribution in [-0.4, -0.2) is 29.8 Å². The molecule has 30 heavy (non-hydrogen) atoms. The molecule has 1 rings (SSSR count). The molecule has 0 saturated heterocycles. The highest BCUT2D eigenvalue weighted by Gasteiger charge is 2.27. The lowest BCUT2D eigenvalue weighted by atomic mass is 10.0. The normalized spacial score (nSPS) is 13.3. The van der Waals surface area contributed by atoms with Crippen LogP contribution in [0.15, 0.2) is 24.3 Å². The number of carbonyl (C=O) groups excluding carboxylic acids is 3. The van der Waals surface area contributed by atoms with E-state index in [1.807, 2.05) is 38.1 Å². The van der Waals surface area contributed by atoms with E-state index in [0.717, 1.165) is 12.8 Å². The van der Waals surface area contributed by atoms with Crippen molar-refractivity contribution < 1.29 is 14.4 Å². The van der Waals surface area contributed by atoms with Gasteiger partial charge in [-0.3, -0.25) is 14.4 Å². The predicted octanol–water partition coefficient (Wildman–Crippen LogP) is 3.91. The third-order valence-electron chi connectivity index (χ3n) is 4.83. The van der Waals surface area contributed by atoms with E-state index >= 15 is 0 Å². The Morgan fingerprint density at radius 3 is 1.90 bits per heavy atom. The Kier molecular flexibility index (Phi) is 10.6. The summed E-state index contributed by atoms with van der Waals surface area (Å²) >= 11 is 0. The van der Waals surface area contributed by atoms with Crippen molar-refractivity contribution in [2.24, 2.45) is 17.8 Å². The maximum absolute atomic E-state index is 12.7. The minimum atomic E-state index is -0.721. The van der Waals surface area contributed by atoms with E-state index < -0.39 is 12.1 Å². The number of amides is 3. The third-order valence-corrected chi connectivity index (χ3v) is 4.83. The van der Waals surface area contributed by atoms with Crippen molar-refractivity contribution in [1.82, 2.24) is 10.6 Å². The molecule has 1 aromatic rings. The van der Waals surface area contributed by atoms with E-state index in [-0.39, 0.29) is 23.6 Å². The summed E-state index contributed by atoms with van der Waals surface area (Å²) in [6.45, 7) is 13.8. The number of hydrogen-bond donors (Lipinski definition) is 3. The summed E-state index contributed by atoms with van der Waals surface area (Å²) in [4.78, 5) is 37.3. The van der Waals surface area contributed by atoms with Gasteiger partial charge in [-0.1, -0.05) is 53.7 Å². The van der Waals surface area contributed by atoms with Crippen LogP contribution in [0.5, 0.6) is 0 Å². The van der Waals surface area contributed by atoms with Gasteiger partial charge in [0.05, 0.1) is 0 Å². The molecule has 0 aliphatic heterocycles. The molecule has 0 spiro atoms. The van der Waals surface area contributed by atoms with Crippen molar-refractivity contribution in [3.05, 3.63) is 29.8 Å². The Hall–Kier alpha value is -2.37. The van der Waals surface area contributed by atoms with E-state index in [9.17, 15) is 14.4 Å². The monoisotopic (exact) mass is 417 g/mol. The van der Waals surface area contributed by atoms with Crippen molar-refractivity contribution in [2.45, 2.75) is 79.8 Å². The molecule has 0 aliphatic carbocycles. The molecule has 0 saturated carbocycles. The second-order valence-corrected chi connectivity index (χ2v) is 9.24. The average molecular weight is 418 g/mol. The van der Waals surface area contributed by atoms with Gasteiger partial charge in [0.15, 0.2) is 0 Å². The summed E-state index contributed by atoms with van der Waals surface area (Å²) in [7, 11) is 0. The lowest BCUT2D eigenvalue weighted by molar-refractivity contribution is -0.131. The zero-order chi connectivity index (χ0) is 22.8. The number of hydrogen-bond acceptors (Lipinski definition) is 3. The first-order valence-corrected chi connectivity index (χ1v) is 11.0. The number of nitrogens with one attached hydrogen (secondary N) is 3. The largest absolute Gasteiger partial charge is 0.344 e. The molecule has 1 unspecified atom stereocenters. The number of carbonyl (C=O) groups is 3. The zero-order valence-corrected chi connectivity index (χ0v) is 19.5. The minimum Gasteiger partial charge on any atom is -0.344 e. The van der Waals surface area contributed by atoms with Gasteiger partial charge >= 0.3 is 0 Å². The Morgan fingerprint density at radius 2 is 1.40 bits per heavy atom. The molecule has 0 aliphatic rings. The molecular weight excluding hydrogens is 378 g/mol. The molecule has 0 aromatic heterocycles. The van der Waals surface area contributed by atoms with Crippen LogP contribution in [-0.2, 0) is 20.8 Å². The highest BCUT2D eigenvalue weighted by atomic mass is 16.2. The SMILES string of the molecule is CC(C)CCC(=O)NC(C(=O)N[C@@H](C)C(=O)Nc1ccc(CC(C)C)cc1)C(C)C. The molecule has 2 atom stereocenters. The van der Waals surface area contributed by atoms with Gasteiger partial charge in [0, 0.05) is 12.1 Å². The van der Waals surface area contributed by atoms with Crippen LogP contribution >= 0.6 is 0 Å². The van der Waals surface area contributed by atoms with Crippen molar-refractivity contribution in [3.8, 4) is 0 Å². The van der Waals surface area contributed by atoms with Crippen LogP contribution in [0.2, 0.25) is 0 Å². The van der Waals surface area contributed by atoms with E-state index in [4.69, 9.17) is 0 Å². The second-order valence-electron chi connectivity index (χ2n) is 9.24. The minimum absolute atomic E-state index is 0.0863. The summed E-state index contributed by atoms with van der Waals surface area (Å²) in [5, 5.41) is 8.36. The summed E-state index contributed by atoms with van der Waals surface area (Å²) in [6.07, 6.45) is 2.14. The maximum atomic E-state index is 12.7. The van der Waals surface area contributed by atoms with E-state index in [1.165, 1.54) is 5.56 Å². The molecule has 3 amide bonds. The summed E-state index contributed by atoms with van der Waals surface area (Å²) < 4.78 is 0. The standard InChI is InChI=1S/C24H39N3O3/c1-15(2)8-13-21(28)27-22(17(5)6)24(30)25-18(7)23(29)26-20-11-9-19(10-12-20)14-16(3)4/h9-12,15-18,22H,8,13-14H2,1-7H3,(H,25,30)(H,26,29)(H,27,28)/t18-,22?/m0/s1. The highest BCUT2D eigenvalue weighted by molar-refractivity contribution is 5.98. The van der Waals surface area contributed by atoms with E-state index in [0.29, 0.717) is 23.9 Å². The van der Waals surface area contributed by atoms with Crippen LogP contribution < -0.4 is 16.0 Å². The molecule has 0 fully saturated rings. The van der Waals surface area contributed by atoms with Gasteiger partial charge in [0.1, 0.15) is 12.1 Å². The molecule has 3 N–H and O–H groups in total. The number of rotatable bonds is 11. The van der Waals surface area contributed by atoms with Crippen molar-refractivity contribution in [2.75, 3.05) is 5.32 Å². The van der Waals surface area contributed by atoms with Gasteiger partial charge in [-0.25, -0.2) is 0 Å². The van der Waals surface area contributed by atoms with Gasteiger partial charge in [-0.15, -0.1) is 0 Å². The molecule has 0 radical (unpaired) electrons. The summed E-state index contributed by atoms with van der Waals surface area (Å²) in [5.74, 6) is 0.116. The lowest BCUT2D eigenvalue weighted by Gasteiger charge is -2.24. The zero-order valence-electron chi connectivity index (χ0n) is 19.5. The van der Waals surface area contributed by atoms with Crippen LogP contribution in [0.25, 0.3) is 0 Å². The highest BCUT2D eigenvalue weighted by Crippen LogP contribution is 2.13. The molecule has 0 heterocycles. The first-order chi connectivity index (χ1) is 14.0. The first kappa shape index (κ1) is 25.7. The molecular formula is C24H39N3O3. The van der Waals surface area contributed by atoms with Gasteiger partial charge in [-0.05, 0) is 55.2 Å². The van der Waals surface area contributed by atoms with Gasteiger partial charge in [-0.2, -0.15) is 0 Å². The summed E-state index contributed by atoms with van der Waals surface area (Å²) in [5.41, 5.74) is 1.91. The lowest BCUT2D eigenvalue weighted by Crippen LogP contribution is -2.53. The van der Waals surface area contributed by atoms with Crippen LogP contribution in [0.3, 0.4) is 0 Å².